The summed E-state index contributed by atoms with van der Waals surface area (Å²) in [6.45, 7) is 5.00. The summed E-state index contributed by atoms with van der Waals surface area (Å²) in [5.74, 6) is 0. The van der Waals surface area contributed by atoms with Crippen LogP contribution in [0.25, 0.3) is 0 Å². The molecule has 0 aromatic rings. The summed E-state index contributed by atoms with van der Waals surface area (Å²) >= 11 is 0. The maximum Gasteiger partial charge on any atom is 2.00 e. The quantitative estimate of drug-likeness (QED) is 0.395. The predicted octanol–water partition coefficient (Wildman–Crippen LogP) is 2.57. The third-order valence-electron chi connectivity index (χ3n) is 0.586. The van der Waals surface area contributed by atoms with Crippen molar-refractivity contribution in [2.45, 2.75) is 13.3 Å². The van der Waals surface area contributed by atoms with Gasteiger partial charge in [-0.25, -0.2) is 12.2 Å². The molecule has 0 aromatic carbocycles. The molecule has 50 valence electrons. The summed E-state index contributed by atoms with van der Waals surface area (Å²) in [6.07, 6.45) is 10.0. The third-order valence-corrected chi connectivity index (χ3v) is 0.586. The number of halogens is 1. The Balaban J connectivity index is -0.0000000836. The molecular weight excluding hydrogens is 167 g/mol. The van der Waals surface area contributed by atoms with E-state index in [1.54, 1.807) is 6.92 Å². The Morgan fingerprint density at radius 2 is 2.00 bits per heavy atom. The fraction of sp³-hybridized carbons (Fsp3) is 0.286. The zero-order valence-corrected chi connectivity index (χ0v) is 7.93. The van der Waals surface area contributed by atoms with Crippen molar-refractivity contribution in [2.24, 2.45) is 0 Å². The molecule has 2 heteroatoms. The van der Waals surface area contributed by atoms with Gasteiger partial charge in [0.2, 0.25) is 0 Å². The van der Waals surface area contributed by atoms with Crippen LogP contribution in [0.3, 0.4) is 0 Å². The Kier molecular flexibility index (Phi) is 28.5. The Labute approximate surface area is 78.7 Å². The largest absolute Gasteiger partial charge is 2.00 e. The molecule has 0 nitrogen and oxygen atoms in total. The van der Waals surface area contributed by atoms with Crippen LogP contribution >= 0.6 is 12.4 Å². The molecule has 1 aliphatic carbocycles. The summed E-state index contributed by atoms with van der Waals surface area (Å²) < 4.78 is 0. The Hall–Kier alpha value is 0.484. The van der Waals surface area contributed by atoms with Crippen LogP contribution in [0, 0.1) is 13.0 Å². The summed E-state index contributed by atoms with van der Waals surface area (Å²) in [5, 5.41) is 0. The van der Waals surface area contributed by atoms with Gasteiger partial charge in [0.05, 0.1) is 0 Å². The Morgan fingerprint density at radius 3 is 2.11 bits per heavy atom. The first-order chi connectivity index (χ1) is 3.50. The van der Waals surface area contributed by atoms with Crippen molar-refractivity contribution in [3.05, 3.63) is 31.2 Å². The number of allylic oxidation sites excluding steroid dienone is 4. The first-order valence-electron chi connectivity index (χ1n) is 2.42. The van der Waals surface area contributed by atoms with Crippen LogP contribution in [-0.4, -0.2) is 0 Å². The van der Waals surface area contributed by atoms with Gasteiger partial charge in [0, 0.05) is 0 Å². The maximum absolute atomic E-state index is 3.25. The van der Waals surface area contributed by atoms with Crippen LogP contribution in [0.5, 0.6) is 0 Å². The van der Waals surface area contributed by atoms with Crippen LogP contribution in [0.15, 0.2) is 18.2 Å². The van der Waals surface area contributed by atoms with Gasteiger partial charge in [-0.3, -0.25) is 6.08 Å². The van der Waals surface area contributed by atoms with Crippen molar-refractivity contribution < 1.29 is 21.7 Å². The topological polar surface area (TPSA) is 0 Å². The van der Waals surface area contributed by atoms with Crippen molar-refractivity contribution in [1.82, 2.24) is 0 Å². The van der Waals surface area contributed by atoms with Crippen molar-refractivity contribution in [1.29, 1.82) is 0 Å². The van der Waals surface area contributed by atoms with Gasteiger partial charge in [-0.2, -0.15) is 13.0 Å². The van der Waals surface area contributed by atoms with E-state index in [4.69, 9.17) is 0 Å². The molecule has 0 bridgehead atoms. The van der Waals surface area contributed by atoms with E-state index in [0.717, 1.165) is 6.42 Å². The minimum absolute atomic E-state index is 0. The van der Waals surface area contributed by atoms with Gasteiger partial charge in [0.25, 0.3) is 0 Å². The number of hydrogen-bond acceptors (Lipinski definition) is 0. The Morgan fingerprint density at radius 1 is 1.44 bits per heavy atom. The van der Waals surface area contributed by atoms with E-state index in [2.05, 4.69) is 19.1 Å². The zero-order chi connectivity index (χ0) is 5.54. The summed E-state index contributed by atoms with van der Waals surface area (Å²) in [5.41, 5.74) is 0. The summed E-state index contributed by atoms with van der Waals surface area (Å²) in [6, 6.07) is 0. The molecule has 0 atom stereocenters. The van der Waals surface area contributed by atoms with E-state index in [1.807, 2.05) is 12.2 Å². The molecule has 0 spiro atoms. The molecule has 9 heavy (non-hydrogen) atoms. The van der Waals surface area contributed by atoms with Crippen molar-refractivity contribution >= 4 is 12.4 Å². The van der Waals surface area contributed by atoms with Crippen molar-refractivity contribution in [3.63, 3.8) is 0 Å². The van der Waals surface area contributed by atoms with E-state index in [1.165, 1.54) is 0 Å². The molecule has 0 fully saturated rings. The molecule has 0 heterocycles. The van der Waals surface area contributed by atoms with Gasteiger partial charge in [-0.1, -0.05) is 0 Å². The van der Waals surface area contributed by atoms with Gasteiger partial charge in [0.1, 0.15) is 0 Å². The number of rotatable bonds is 0. The molecule has 0 aromatic heterocycles. The van der Waals surface area contributed by atoms with Crippen LogP contribution in [-0.2, 0) is 21.7 Å². The average Bonchev–Trinajstić information content (AvgIpc) is 2.23. The van der Waals surface area contributed by atoms with Gasteiger partial charge in [-0.15, -0.1) is 18.8 Å². The first-order valence-corrected chi connectivity index (χ1v) is 2.42. The van der Waals surface area contributed by atoms with Crippen LogP contribution in [0.4, 0.5) is 0 Å². The van der Waals surface area contributed by atoms with Gasteiger partial charge < -0.3 is 6.92 Å². The molecule has 0 saturated heterocycles. The van der Waals surface area contributed by atoms with E-state index in [0.29, 0.717) is 0 Å². The van der Waals surface area contributed by atoms with Gasteiger partial charge >= 0.3 is 21.7 Å². The fourth-order valence-corrected chi connectivity index (χ4v) is 0.340. The van der Waals surface area contributed by atoms with Crippen LogP contribution in [0.1, 0.15) is 13.3 Å². The first kappa shape index (κ1) is 16.2. The molecule has 0 aliphatic heterocycles. The molecule has 0 N–H and O–H groups in total. The molecule has 1 aliphatic rings. The summed E-state index contributed by atoms with van der Waals surface area (Å²) in [4.78, 5) is 0. The Bertz CT molecular complexity index is 67.0. The normalized spacial score (nSPS) is 10.4. The molecular formula is C7H11ClTi. The second-order valence-corrected chi connectivity index (χ2v) is 1.00. The van der Waals surface area contributed by atoms with E-state index in [9.17, 15) is 0 Å². The van der Waals surface area contributed by atoms with Gasteiger partial charge in [-0.05, 0) is 0 Å². The zero-order valence-electron chi connectivity index (χ0n) is 5.55. The monoisotopic (exact) mass is 178 g/mol. The second kappa shape index (κ2) is 15.8. The second-order valence-electron chi connectivity index (χ2n) is 1.00. The van der Waals surface area contributed by atoms with Crippen molar-refractivity contribution in [2.75, 3.05) is 0 Å². The van der Waals surface area contributed by atoms with Crippen molar-refractivity contribution in [3.8, 4) is 0 Å². The predicted molar refractivity (Wildman–Crippen MR) is 39.8 cm³/mol. The minimum Gasteiger partial charge on any atom is -0.346 e. The molecule has 0 saturated carbocycles. The van der Waals surface area contributed by atoms with E-state index in [-0.39, 0.29) is 34.1 Å². The average molecular weight is 178 g/mol. The smallest absolute Gasteiger partial charge is 0.346 e. The fourth-order valence-electron chi connectivity index (χ4n) is 0.340. The summed E-state index contributed by atoms with van der Waals surface area (Å²) in [7, 11) is 0. The van der Waals surface area contributed by atoms with Crippen LogP contribution < -0.4 is 0 Å². The SMILES string of the molecule is Cl.[C-]1=CC=CC1.[CH2-]C.[Ti+2]. The molecule has 1 rings (SSSR count). The maximum atomic E-state index is 3.25. The molecule has 0 amide bonds. The van der Waals surface area contributed by atoms with E-state index < -0.39 is 0 Å². The molecule has 0 unspecified atom stereocenters. The van der Waals surface area contributed by atoms with Gasteiger partial charge in [0.15, 0.2) is 0 Å². The number of hydrogen-bond donors (Lipinski definition) is 0. The van der Waals surface area contributed by atoms with Crippen LogP contribution in [0.2, 0.25) is 0 Å². The third kappa shape index (κ3) is 11.9. The molecule has 0 radical (unpaired) electrons. The minimum atomic E-state index is 0. The standard InChI is InChI=1S/C5H5.C2H5.ClH.Ti/c1-2-4-5-3-1;1-2;;/h1-3H,4H2;1H2,2H3;1H;/q2*-1;;+2. The van der Waals surface area contributed by atoms with E-state index >= 15 is 0 Å².